The average Bonchev–Trinajstić information content (AvgIpc) is 3.39. The van der Waals surface area contributed by atoms with Gasteiger partial charge in [0.15, 0.2) is 11.6 Å². The second kappa shape index (κ2) is 8.66. The van der Waals surface area contributed by atoms with Crippen LogP contribution < -0.4 is 4.74 Å². The first-order chi connectivity index (χ1) is 16.4. The molecule has 0 fully saturated rings. The third kappa shape index (κ3) is 4.12. The summed E-state index contributed by atoms with van der Waals surface area (Å²) in [5.41, 5.74) is 3.46. The molecular formula is C25H19F3N4O2. The van der Waals surface area contributed by atoms with Crippen molar-refractivity contribution in [3.63, 3.8) is 0 Å². The fourth-order valence-corrected chi connectivity index (χ4v) is 3.91. The molecule has 172 valence electrons. The van der Waals surface area contributed by atoms with E-state index in [2.05, 4.69) is 10.1 Å². The largest absolute Gasteiger partial charge is 0.435 e. The molecule has 2 aromatic carbocycles. The number of hydrogen-bond acceptors (Lipinski definition) is 4. The third-order valence-electron chi connectivity index (χ3n) is 5.64. The van der Waals surface area contributed by atoms with E-state index in [0.29, 0.717) is 24.7 Å². The lowest BCUT2D eigenvalue weighted by atomic mass is 10.1. The Morgan fingerprint density at radius 3 is 2.56 bits per heavy atom. The van der Waals surface area contributed by atoms with Crippen LogP contribution >= 0.6 is 0 Å². The molecule has 0 unspecified atom stereocenters. The summed E-state index contributed by atoms with van der Waals surface area (Å²) >= 11 is 0. The number of ether oxygens (including phenoxy) is 1. The summed E-state index contributed by atoms with van der Waals surface area (Å²) in [4.78, 5) is 18.9. The Morgan fingerprint density at radius 2 is 1.88 bits per heavy atom. The van der Waals surface area contributed by atoms with Crippen molar-refractivity contribution >= 4 is 5.91 Å². The number of alkyl halides is 2. The Morgan fingerprint density at radius 1 is 1.09 bits per heavy atom. The molecule has 34 heavy (non-hydrogen) atoms. The van der Waals surface area contributed by atoms with E-state index in [0.717, 1.165) is 28.8 Å². The maximum absolute atomic E-state index is 14.3. The van der Waals surface area contributed by atoms with Gasteiger partial charge in [-0.05, 0) is 41.0 Å². The molecule has 1 aliphatic heterocycles. The van der Waals surface area contributed by atoms with Gasteiger partial charge in [-0.15, -0.1) is 0 Å². The molecule has 9 heteroatoms. The molecule has 4 aromatic rings. The molecule has 0 bridgehead atoms. The van der Waals surface area contributed by atoms with Crippen LogP contribution in [0.2, 0.25) is 0 Å². The monoisotopic (exact) mass is 464 g/mol. The predicted molar refractivity (Wildman–Crippen MR) is 118 cm³/mol. The van der Waals surface area contributed by atoms with Crippen molar-refractivity contribution in [2.75, 3.05) is 0 Å². The van der Waals surface area contributed by atoms with Crippen LogP contribution in [0.3, 0.4) is 0 Å². The predicted octanol–water partition coefficient (Wildman–Crippen LogP) is 5.51. The zero-order valence-electron chi connectivity index (χ0n) is 18.1. The molecule has 0 saturated heterocycles. The third-order valence-corrected chi connectivity index (χ3v) is 5.64. The molecular weight excluding hydrogens is 445 g/mol. The fourth-order valence-electron chi connectivity index (χ4n) is 3.91. The van der Waals surface area contributed by atoms with Gasteiger partial charge in [0.05, 0.1) is 6.20 Å². The van der Waals surface area contributed by atoms with Gasteiger partial charge in [-0.2, -0.15) is 5.10 Å². The van der Waals surface area contributed by atoms with Gasteiger partial charge in [0, 0.05) is 43.7 Å². The van der Waals surface area contributed by atoms with Crippen molar-refractivity contribution in [3.8, 4) is 22.8 Å². The Balaban J connectivity index is 1.34. The molecule has 0 saturated carbocycles. The van der Waals surface area contributed by atoms with Crippen LogP contribution in [-0.4, -0.2) is 25.6 Å². The first-order valence-corrected chi connectivity index (χ1v) is 10.5. The van der Waals surface area contributed by atoms with E-state index >= 15 is 0 Å². The molecule has 1 amide bonds. The summed E-state index contributed by atoms with van der Waals surface area (Å²) in [6.45, 7) is 0.724. The van der Waals surface area contributed by atoms with Crippen molar-refractivity contribution in [2.24, 2.45) is 7.05 Å². The minimum atomic E-state index is -2.80. The Hall–Kier alpha value is -4.14. The van der Waals surface area contributed by atoms with E-state index < -0.39 is 17.8 Å². The summed E-state index contributed by atoms with van der Waals surface area (Å²) in [6, 6.07) is 12.5. The zero-order chi connectivity index (χ0) is 23.8. The summed E-state index contributed by atoms with van der Waals surface area (Å²) < 4.78 is 47.1. The van der Waals surface area contributed by atoms with Crippen molar-refractivity contribution in [3.05, 3.63) is 95.2 Å². The van der Waals surface area contributed by atoms with Crippen LogP contribution in [0.1, 0.15) is 33.5 Å². The van der Waals surface area contributed by atoms with E-state index in [1.807, 2.05) is 37.5 Å². The van der Waals surface area contributed by atoms with E-state index in [4.69, 9.17) is 4.74 Å². The van der Waals surface area contributed by atoms with Crippen molar-refractivity contribution in [1.82, 2.24) is 19.7 Å². The molecule has 5 rings (SSSR count). The SMILES string of the molecule is Cn1cc(-c2ccc(CN3Cc4ccnc(Oc5ccc(C(F)F)cc5F)c4C3=O)cc2)cn1. The first kappa shape index (κ1) is 21.7. The highest BCUT2D eigenvalue weighted by Gasteiger charge is 2.32. The van der Waals surface area contributed by atoms with Crippen LogP contribution in [0.5, 0.6) is 11.6 Å². The van der Waals surface area contributed by atoms with Gasteiger partial charge in [-0.1, -0.05) is 24.3 Å². The van der Waals surface area contributed by atoms with Crippen molar-refractivity contribution in [1.29, 1.82) is 0 Å². The Kier molecular flexibility index (Phi) is 5.53. The normalized spacial score (nSPS) is 13.0. The van der Waals surface area contributed by atoms with Crippen LogP contribution in [0.4, 0.5) is 13.2 Å². The van der Waals surface area contributed by atoms with Crippen LogP contribution in [0, 0.1) is 5.82 Å². The Bertz CT molecular complexity index is 1370. The number of halogens is 3. The standard InChI is InChI=1S/C25H19F3N4O2/c1-31-13-19(11-30-31)16-4-2-15(3-5-16)12-32-14-18-8-9-29-24(22(18)25(32)33)34-21-7-6-17(23(27)28)10-20(21)26/h2-11,13,23H,12,14H2,1H3. The number of benzene rings is 2. The van der Waals surface area contributed by atoms with Crippen molar-refractivity contribution < 1.29 is 22.7 Å². The number of fused-ring (bicyclic) bond motifs is 1. The molecule has 0 aliphatic carbocycles. The Labute approximate surface area is 193 Å². The van der Waals surface area contributed by atoms with Gasteiger partial charge in [0.25, 0.3) is 12.3 Å². The first-order valence-electron chi connectivity index (χ1n) is 10.5. The minimum Gasteiger partial charge on any atom is -0.435 e. The second-order valence-corrected chi connectivity index (χ2v) is 8.00. The lowest BCUT2D eigenvalue weighted by Crippen LogP contribution is -2.23. The highest BCUT2D eigenvalue weighted by molar-refractivity contribution is 6.00. The molecule has 0 radical (unpaired) electrons. The minimum absolute atomic E-state index is 0.0550. The van der Waals surface area contributed by atoms with Gasteiger partial charge >= 0.3 is 0 Å². The highest BCUT2D eigenvalue weighted by atomic mass is 19.3. The van der Waals surface area contributed by atoms with Gasteiger partial charge < -0.3 is 9.64 Å². The zero-order valence-corrected chi connectivity index (χ0v) is 18.1. The summed E-state index contributed by atoms with van der Waals surface area (Å²) in [5, 5.41) is 4.18. The number of nitrogens with zero attached hydrogens (tertiary/aromatic N) is 4. The van der Waals surface area contributed by atoms with E-state index in [1.54, 1.807) is 21.8 Å². The van der Waals surface area contributed by atoms with Gasteiger partial charge in [-0.3, -0.25) is 9.48 Å². The maximum Gasteiger partial charge on any atom is 0.263 e. The van der Waals surface area contributed by atoms with Crippen molar-refractivity contribution in [2.45, 2.75) is 19.5 Å². The van der Waals surface area contributed by atoms with Gasteiger partial charge in [0.2, 0.25) is 5.88 Å². The summed E-state index contributed by atoms with van der Waals surface area (Å²) in [5.74, 6) is -1.57. The fraction of sp³-hybridized carbons (Fsp3) is 0.160. The molecule has 6 nitrogen and oxygen atoms in total. The number of amides is 1. The molecule has 0 atom stereocenters. The van der Waals surface area contributed by atoms with Crippen LogP contribution in [-0.2, 0) is 20.1 Å². The van der Waals surface area contributed by atoms with Gasteiger partial charge in [-0.25, -0.2) is 18.2 Å². The quantitative estimate of drug-likeness (QED) is 0.378. The van der Waals surface area contributed by atoms with E-state index in [1.165, 1.54) is 6.20 Å². The smallest absolute Gasteiger partial charge is 0.263 e. The number of aromatic nitrogens is 3. The number of rotatable bonds is 6. The highest BCUT2D eigenvalue weighted by Crippen LogP contribution is 2.34. The van der Waals surface area contributed by atoms with Gasteiger partial charge in [0.1, 0.15) is 5.56 Å². The number of hydrogen-bond donors (Lipinski definition) is 0. The number of pyridine rings is 1. The molecule has 1 aliphatic rings. The topological polar surface area (TPSA) is 60.2 Å². The second-order valence-electron chi connectivity index (χ2n) is 8.00. The maximum atomic E-state index is 14.3. The number of carbonyl (C=O) groups excluding carboxylic acids is 1. The van der Waals surface area contributed by atoms with Crippen LogP contribution in [0.25, 0.3) is 11.1 Å². The molecule has 0 spiro atoms. The molecule has 3 heterocycles. The van der Waals surface area contributed by atoms with E-state index in [-0.39, 0.29) is 23.1 Å². The number of carbonyl (C=O) groups is 1. The lowest BCUT2D eigenvalue weighted by Gasteiger charge is -2.16. The molecule has 2 aromatic heterocycles. The summed E-state index contributed by atoms with van der Waals surface area (Å²) in [6.07, 6.45) is 2.39. The molecule has 0 N–H and O–H groups in total. The van der Waals surface area contributed by atoms with Crippen LogP contribution in [0.15, 0.2) is 67.1 Å². The van der Waals surface area contributed by atoms with E-state index in [9.17, 15) is 18.0 Å². The summed E-state index contributed by atoms with van der Waals surface area (Å²) in [7, 11) is 1.86. The number of aryl methyl sites for hydroxylation is 1. The lowest BCUT2D eigenvalue weighted by molar-refractivity contribution is 0.0764. The average molecular weight is 464 g/mol.